The summed E-state index contributed by atoms with van der Waals surface area (Å²) in [5, 5.41) is 19.3. The summed E-state index contributed by atoms with van der Waals surface area (Å²) in [4.78, 5) is 24.2. The second-order valence-corrected chi connectivity index (χ2v) is 2.94. The minimum absolute atomic E-state index is 0.00468. The average molecular weight is 242 g/mol. The first kappa shape index (κ1) is 12.8. The Morgan fingerprint density at radius 3 is 2.82 bits per heavy atom. The summed E-state index contributed by atoms with van der Waals surface area (Å²) < 4.78 is 9.78. The number of hydrogen-bond donors (Lipinski definition) is 1. The van der Waals surface area contributed by atoms with Gasteiger partial charge in [-0.25, -0.2) is 9.78 Å². The molecule has 0 atom stereocenters. The summed E-state index contributed by atoms with van der Waals surface area (Å²) in [6, 6.07) is 1.01. The van der Waals surface area contributed by atoms with Gasteiger partial charge in [0.1, 0.15) is 18.4 Å². The van der Waals surface area contributed by atoms with Gasteiger partial charge < -0.3 is 14.6 Å². The number of rotatable bonds is 6. The Bertz CT molecular complexity index is 433. The van der Waals surface area contributed by atoms with E-state index in [1.807, 2.05) is 0 Å². The van der Waals surface area contributed by atoms with Crippen molar-refractivity contribution in [3.63, 3.8) is 0 Å². The SMILES string of the molecule is COCCOc1cc(C(=O)O)c([N+](=O)[O-])cn1. The number of carboxylic acid groups (broad SMARTS) is 1. The lowest BCUT2D eigenvalue weighted by Crippen LogP contribution is -2.08. The number of pyridine rings is 1. The molecule has 0 amide bonds. The van der Waals surface area contributed by atoms with Crippen LogP contribution in [0.4, 0.5) is 5.69 Å². The standard InChI is InChI=1S/C9H10N2O6/c1-16-2-3-17-8-4-6(9(12)13)7(5-10-8)11(14)15/h4-5H,2-3H2,1H3,(H,12,13). The molecule has 1 heterocycles. The van der Waals surface area contributed by atoms with Crippen LogP contribution in [-0.4, -0.2) is 41.3 Å². The van der Waals surface area contributed by atoms with Crippen molar-refractivity contribution in [2.45, 2.75) is 0 Å². The quantitative estimate of drug-likeness (QED) is 0.444. The zero-order chi connectivity index (χ0) is 12.8. The number of nitrogens with zero attached hydrogens (tertiary/aromatic N) is 2. The highest BCUT2D eigenvalue weighted by Gasteiger charge is 2.21. The minimum Gasteiger partial charge on any atom is -0.477 e. The van der Waals surface area contributed by atoms with Crippen LogP contribution in [-0.2, 0) is 4.74 Å². The lowest BCUT2D eigenvalue weighted by molar-refractivity contribution is -0.385. The summed E-state index contributed by atoms with van der Waals surface area (Å²) in [5.41, 5.74) is -1.03. The Kier molecular flexibility index (Phi) is 4.35. The van der Waals surface area contributed by atoms with Crippen LogP contribution >= 0.6 is 0 Å². The maximum atomic E-state index is 10.8. The number of carboxylic acids is 1. The van der Waals surface area contributed by atoms with Crippen LogP contribution in [0.2, 0.25) is 0 Å². The van der Waals surface area contributed by atoms with E-state index in [9.17, 15) is 14.9 Å². The van der Waals surface area contributed by atoms with E-state index in [1.165, 1.54) is 7.11 Å². The van der Waals surface area contributed by atoms with Crippen molar-refractivity contribution in [1.29, 1.82) is 0 Å². The molecule has 92 valence electrons. The van der Waals surface area contributed by atoms with Crippen molar-refractivity contribution < 1.29 is 24.3 Å². The molecule has 0 aliphatic carbocycles. The summed E-state index contributed by atoms with van der Waals surface area (Å²) in [6.45, 7) is 0.488. The number of aromatic nitrogens is 1. The van der Waals surface area contributed by atoms with Gasteiger partial charge in [0.05, 0.1) is 11.5 Å². The van der Waals surface area contributed by atoms with Crippen LogP contribution in [0.25, 0.3) is 0 Å². The van der Waals surface area contributed by atoms with Crippen molar-refractivity contribution in [3.05, 3.63) is 27.9 Å². The lowest BCUT2D eigenvalue weighted by Gasteiger charge is -2.05. The van der Waals surface area contributed by atoms with E-state index < -0.39 is 22.1 Å². The zero-order valence-electron chi connectivity index (χ0n) is 8.95. The van der Waals surface area contributed by atoms with Crippen LogP contribution < -0.4 is 4.74 Å². The first-order chi connectivity index (χ1) is 8.06. The molecule has 0 radical (unpaired) electrons. The number of ether oxygens (including phenoxy) is 2. The Morgan fingerprint density at radius 1 is 1.59 bits per heavy atom. The summed E-state index contributed by atoms with van der Waals surface area (Å²) in [7, 11) is 1.48. The van der Waals surface area contributed by atoms with Crippen LogP contribution in [0.15, 0.2) is 12.3 Å². The second kappa shape index (κ2) is 5.75. The monoisotopic (exact) mass is 242 g/mol. The molecule has 0 fully saturated rings. The molecule has 0 saturated heterocycles. The lowest BCUT2D eigenvalue weighted by atomic mass is 10.2. The van der Waals surface area contributed by atoms with Gasteiger partial charge in [0, 0.05) is 13.2 Å². The average Bonchev–Trinajstić information content (AvgIpc) is 2.29. The Balaban J connectivity index is 2.94. The predicted molar refractivity (Wildman–Crippen MR) is 55.2 cm³/mol. The third-order valence-corrected chi connectivity index (χ3v) is 1.82. The third kappa shape index (κ3) is 3.38. The van der Waals surface area contributed by atoms with Crippen molar-refractivity contribution in [1.82, 2.24) is 4.98 Å². The molecule has 0 bridgehead atoms. The molecule has 1 aromatic heterocycles. The Morgan fingerprint density at radius 2 is 2.29 bits per heavy atom. The third-order valence-electron chi connectivity index (χ3n) is 1.82. The molecule has 8 nitrogen and oxygen atoms in total. The predicted octanol–water partition coefficient (Wildman–Crippen LogP) is 0.713. The van der Waals surface area contributed by atoms with Gasteiger partial charge in [0.2, 0.25) is 5.88 Å². The van der Waals surface area contributed by atoms with Gasteiger partial charge in [-0.3, -0.25) is 10.1 Å². The Hall–Kier alpha value is -2.22. The molecule has 1 N–H and O–H groups in total. The smallest absolute Gasteiger partial charge is 0.342 e. The van der Waals surface area contributed by atoms with Gasteiger partial charge in [-0.15, -0.1) is 0 Å². The molecule has 17 heavy (non-hydrogen) atoms. The fourth-order valence-corrected chi connectivity index (χ4v) is 1.05. The van der Waals surface area contributed by atoms with Crippen molar-refractivity contribution in [2.75, 3.05) is 20.3 Å². The molecule has 0 aliphatic rings. The summed E-state index contributed by atoms with van der Waals surface area (Å²) in [5.74, 6) is -1.40. The minimum atomic E-state index is -1.41. The fourth-order valence-electron chi connectivity index (χ4n) is 1.05. The van der Waals surface area contributed by atoms with Crippen LogP contribution in [0.3, 0.4) is 0 Å². The van der Waals surface area contributed by atoms with Crippen LogP contribution in [0.1, 0.15) is 10.4 Å². The van der Waals surface area contributed by atoms with Gasteiger partial charge in [-0.1, -0.05) is 0 Å². The molecule has 0 spiro atoms. The number of aromatic carboxylic acids is 1. The number of hydrogen-bond acceptors (Lipinski definition) is 6. The van der Waals surface area contributed by atoms with Crippen molar-refractivity contribution >= 4 is 11.7 Å². The van der Waals surface area contributed by atoms with Gasteiger partial charge in [-0.05, 0) is 0 Å². The second-order valence-electron chi connectivity index (χ2n) is 2.94. The normalized spacial score (nSPS) is 9.94. The van der Waals surface area contributed by atoms with Gasteiger partial charge >= 0.3 is 11.7 Å². The summed E-state index contributed by atoms with van der Waals surface area (Å²) in [6.07, 6.45) is 0.853. The van der Waals surface area contributed by atoms with Gasteiger partial charge in [0.15, 0.2) is 0 Å². The van der Waals surface area contributed by atoms with Crippen molar-refractivity contribution in [3.8, 4) is 5.88 Å². The molecule has 0 aliphatic heterocycles. The first-order valence-electron chi connectivity index (χ1n) is 4.55. The molecule has 0 saturated carbocycles. The number of methoxy groups -OCH3 is 1. The molecule has 8 heteroatoms. The van der Waals surface area contributed by atoms with E-state index in [1.54, 1.807) is 0 Å². The van der Waals surface area contributed by atoms with E-state index in [-0.39, 0.29) is 12.5 Å². The Labute approximate surface area is 95.9 Å². The topological polar surface area (TPSA) is 112 Å². The van der Waals surface area contributed by atoms with E-state index in [4.69, 9.17) is 14.6 Å². The van der Waals surface area contributed by atoms with Crippen LogP contribution in [0.5, 0.6) is 5.88 Å². The van der Waals surface area contributed by atoms with E-state index >= 15 is 0 Å². The van der Waals surface area contributed by atoms with Crippen molar-refractivity contribution in [2.24, 2.45) is 0 Å². The van der Waals surface area contributed by atoms with E-state index in [0.29, 0.717) is 6.61 Å². The highest BCUT2D eigenvalue weighted by molar-refractivity contribution is 5.92. The van der Waals surface area contributed by atoms with Gasteiger partial charge in [-0.2, -0.15) is 0 Å². The summed E-state index contributed by atoms with van der Waals surface area (Å²) >= 11 is 0. The van der Waals surface area contributed by atoms with E-state index in [0.717, 1.165) is 12.3 Å². The fraction of sp³-hybridized carbons (Fsp3) is 0.333. The van der Waals surface area contributed by atoms with Gasteiger partial charge in [0.25, 0.3) is 0 Å². The molecular weight excluding hydrogens is 232 g/mol. The number of nitro groups is 1. The highest BCUT2D eigenvalue weighted by atomic mass is 16.6. The van der Waals surface area contributed by atoms with Crippen LogP contribution in [0, 0.1) is 10.1 Å². The molecule has 0 aromatic carbocycles. The highest BCUT2D eigenvalue weighted by Crippen LogP contribution is 2.21. The van der Waals surface area contributed by atoms with E-state index in [2.05, 4.69) is 4.98 Å². The molecule has 1 rings (SSSR count). The number of carbonyl (C=O) groups is 1. The zero-order valence-corrected chi connectivity index (χ0v) is 8.95. The molecule has 0 unspecified atom stereocenters. The largest absolute Gasteiger partial charge is 0.477 e. The molecular formula is C9H10N2O6. The maximum Gasteiger partial charge on any atom is 0.342 e. The molecule has 1 aromatic rings. The first-order valence-corrected chi connectivity index (χ1v) is 4.55. The maximum absolute atomic E-state index is 10.8.